The highest BCUT2D eigenvalue weighted by Crippen LogP contribution is 2.27. The second-order valence-electron chi connectivity index (χ2n) is 32.6. The minimum absolute atomic E-state index is 0.00921. The predicted molar refractivity (Wildman–Crippen MR) is 472 cm³/mol. The molecule has 704 valence electrons. The number of H-pyrrole nitrogens is 2. The van der Waals surface area contributed by atoms with Crippen molar-refractivity contribution in [1.82, 2.24) is 88.1 Å². The zero-order chi connectivity index (χ0) is 95.0. The summed E-state index contributed by atoms with van der Waals surface area (Å²) in [5.41, 5.74) is 13.7. The maximum absolute atomic E-state index is 15.4. The number of ketones is 2. The van der Waals surface area contributed by atoms with E-state index in [0.29, 0.717) is 39.4 Å². The molecule has 8 rings (SSSR count). The number of carboxylic acid groups (broad SMARTS) is 1. The molecule has 2 aromatic carbocycles. The Morgan fingerprint density at radius 2 is 1.09 bits per heavy atom. The van der Waals surface area contributed by atoms with Crippen molar-refractivity contribution in [3.8, 4) is 0 Å². The summed E-state index contributed by atoms with van der Waals surface area (Å²) in [6.45, 7) is 8.54. The number of aromatic nitrogens is 2. The molecule has 0 spiro atoms. The second-order valence-corrected chi connectivity index (χ2v) is 35.7. The lowest BCUT2D eigenvalue weighted by Crippen LogP contribution is -2.61. The van der Waals surface area contributed by atoms with Gasteiger partial charge in [-0.1, -0.05) is 71.0 Å². The van der Waals surface area contributed by atoms with Crippen molar-refractivity contribution in [3.05, 3.63) is 72.1 Å². The number of aliphatic hydroxyl groups excluding tert-OH is 1. The van der Waals surface area contributed by atoms with Gasteiger partial charge in [-0.15, -0.1) is 11.8 Å². The van der Waals surface area contributed by atoms with Crippen LogP contribution in [0, 0.1) is 23.7 Å². The predicted octanol–water partition coefficient (Wildman–Crippen LogP) is -3.87. The van der Waals surface area contributed by atoms with E-state index in [-0.39, 0.29) is 119 Å². The van der Waals surface area contributed by atoms with Gasteiger partial charge in [0.15, 0.2) is 5.78 Å². The van der Waals surface area contributed by atoms with E-state index in [4.69, 9.17) is 21.1 Å². The SMILES string of the molecule is CC[C@@H]1NC(=O)[C@H]([C@@H](C)O)NC(=O)[C@@H](CC(=O)[C@H](C)NC(=O)CN(C)C(=O)CCN)CSCC(=O)N2CCC3CCN(CC2)C(=O)CSC[C@H](NC1=O)C(=O)N[C@@H](Cc1c[nH]c2ccccc12)C(=O)N[C@@H](C(C)C)C(=O)N[C@@H](CC(=O)O)C(=O)NCC(=O)N[C@@H](Cc1c[nH]c2ccccc12)C(=O)N[C@@H](C(C)C)C(=O)N1CCC[C@H]1C(=O)N[C@H](C(N)=O)CSCC3=O.O=C=O. The van der Waals surface area contributed by atoms with E-state index in [9.17, 15) is 91.7 Å². The highest BCUT2D eigenvalue weighted by molar-refractivity contribution is 8.00. The normalized spacial score (nSPS) is 24.7. The molecule has 1 unspecified atom stereocenters. The fourth-order valence-electron chi connectivity index (χ4n) is 15.0. The molecule has 4 bridgehead atoms. The Kier molecular flexibility index (Phi) is 41.1. The van der Waals surface area contributed by atoms with Gasteiger partial charge in [-0.2, -0.15) is 33.1 Å². The molecule has 129 heavy (non-hydrogen) atoms. The lowest BCUT2D eigenvalue weighted by atomic mass is 9.96. The van der Waals surface area contributed by atoms with E-state index in [0.717, 1.165) is 47.1 Å². The third-order valence-corrected chi connectivity index (χ3v) is 25.5. The molecule has 0 saturated carbocycles. The van der Waals surface area contributed by atoms with Crippen LogP contribution in [0.15, 0.2) is 60.9 Å². The molecule has 4 aromatic rings. The van der Waals surface area contributed by atoms with Crippen molar-refractivity contribution in [2.45, 2.75) is 185 Å². The van der Waals surface area contributed by atoms with E-state index in [1.165, 1.54) is 49.4 Å². The number of Topliss-reactive ketones (excluding diaryl/α,β-unsaturated/α-hetero) is 2. The highest BCUT2D eigenvalue weighted by Gasteiger charge is 2.43. The molecule has 2 aromatic heterocycles. The van der Waals surface area contributed by atoms with Gasteiger partial charge < -0.3 is 110 Å². The Hall–Kier alpha value is -11.8. The van der Waals surface area contributed by atoms with Crippen LogP contribution in [0.5, 0.6) is 0 Å². The number of carbonyl (C=O) groups is 19. The fraction of sp³-hybridized carbons (Fsp3) is 0.571. The van der Waals surface area contributed by atoms with E-state index in [2.05, 4.69) is 68.5 Å². The van der Waals surface area contributed by atoms with E-state index in [1.807, 2.05) is 0 Å². The van der Waals surface area contributed by atoms with E-state index >= 15 is 9.59 Å². The molecule has 16 amide bonds. The average molecular weight is 1860 g/mol. The molecule has 4 aliphatic heterocycles. The Bertz CT molecular complexity index is 4770. The number of aromatic amines is 2. The van der Waals surface area contributed by atoms with Gasteiger partial charge in [0, 0.05) is 129 Å². The number of aliphatic hydroxyl groups is 1. The average Bonchev–Trinajstić information content (AvgIpc) is 1.70. The van der Waals surface area contributed by atoms with Crippen LogP contribution in [0.3, 0.4) is 0 Å². The number of fused-ring (bicyclic) bond motifs is 11. The third kappa shape index (κ3) is 31.0. The Morgan fingerprint density at radius 1 is 0.574 bits per heavy atom. The van der Waals surface area contributed by atoms with E-state index in [1.54, 1.807) is 74.8 Å². The number of nitrogens with one attached hydrogen (secondary N) is 13. The maximum atomic E-state index is 15.4. The monoisotopic (exact) mass is 1860 g/mol. The second kappa shape index (κ2) is 50.8. The zero-order valence-corrected chi connectivity index (χ0v) is 75.6. The number of thioether (sulfide) groups is 3. The molecule has 19 N–H and O–H groups in total. The number of hydrogen-bond donors (Lipinski definition) is 17. The lowest BCUT2D eigenvalue weighted by molar-refractivity contribution is -0.192. The molecular weight excluding hydrogens is 1740 g/mol. The first-order valence-corrected chi connectivity index (χ1v) is 45.9. The smallest absolute Gasteiger partial charge is 0.373 e. The van der Waals surface area contributed by atoms with Crippen LogP contribution in [0.25, 0.3) is 21.8 Å². The van der Waals surface area contributed by atoms with Crippen LogP contribution in [0.4, 0.5) is 0 Å². The highest BCUT2D eigenvalue weighted by atomic mass is 32.2. The quantitative estimate of drug-likeness (QED) is 0.0427. The lowest BCUT2D eigenvalue weighted by Gasteiger charge is -2.32. The first-order chi connectivity index (χ1) is 61.3. The third-order valence-electron chi connectivity index (χ3n) is 22.4. The number of aliphatic carboxylic acids is 1. The number of carboxylic acids is 1. The summed E-state index contributed by atoms with van der Waals surface area (Å²) in [5.74, 6) is -22.9. The number of nitrogens with two attached hydrogens (primary N) is 2. The van der Waals surface area contributed by atoms with E-state index < -0.39 is 240 Å². The van der Waals surface area contributed by atoms with Gasteiger partial charge in [-0.05, 0) is 81.0 Å². The topological polar surface area (TPSA) is 628 Å². The van der Waals surface area contributed by atoms with Crippen LogP contribution in [0.2, 0.25) is 0 Å². The molecule has 0 radical (unpaired) electrons. The van der Waals surface area contributed by atoms with Gasteiger partial charge in [0.05, 0.1) is 54.8 Å². The van der Waals surface area contributed by atoms with Crippen molar-refractivity contribution in [1.29, 1.82) is 0 Å². The molecule has 42 nitrogen and oxygen atoms in total. The van der Waals surface area contributed by atoms with Gasteiger partial charge in [0.2, 0.25) is 94.5 Å². The summed E-state index contributed by atoms with van der Waals surface area (Å²) in [7, 11) is 1.36. The first-order valence-electron chi connectivity index (χ1n) is 42.4. The molecular formula is C84H117N19O23S3. The van der Waals surface area contributed by atoms with Gasteiger partial charge in [0.1, 0.15) is 66.2 Å². The number of benzene rings is 2. The largest absolute Gasteiger partial charge is 0.481 e. The Balaban J connectivity index is 0.00000748. The molecule has 14 atom stereocenters. The number of carbonyl (C=O) groups excluding carboxylic acids is 20. The minimum Gasteiger partial charge on any atom is -0.481 e. The molecule has 6 heterocycles. The number of hydrogen-bond acceptors (Lipinski definition) is 26. The summed E-state index contributed by atoms with van der Waals surface area (Å²) in [6.07, 6.45) is -0.345. The molecule has 0 aliphatic carbocycles. The standard InChI is InChI=1S/C83H117N19O21S3.CO2/c1-9-53-76(116)95-60-39-126-42-68(110)101-26-22-47(21-25-100(27-28-101)67(109)41-124-37-50(74(114)98-72(46(7)103)82(122)91-53)31-62(104)45(6)89-65(107)36-99(8)66(108)20-23-84)63(105)40-125-38-59(73(85)113)94-80(120)61-19-14-24-102(61)83(123)71(44(4)5)97-77(117)56(29-48-33-86-54-17-12-10-15-51(48)54)90-64(106)35-88-75(115)58(32-69(111)112)93-81(121)70(43(2)3)96-78(118)57(92-79(60)119)30-49-34-87-55-18-13-11-16-52(49)55;2-1-3/h10-13,15-18,33-34,43-47,50,53,56-61,70-72,86-87,103H,9,14,19-32,35-42,84H2,1-8H3,(H2,85,113)(H,88,115)(H,89,107)(H,90,106)(H,91,122)(H,92,119)(H,93,121)(H,94,120)(H,95,116)(H,96,118)(H,97,117)(H,98,114)(H,111,112);/t45-,46+,47?,50-,53-,56-,57-,58-,59-,60-,61-,70-,71-,72-;/m0./s1. The van der Waals surface area contributed by atoms with Gasteiger partial charge >= 0.3 is 12.1 Å². The van der Waals surface area contributed by atoms with Crippen LogP contribution in [-0.2, 0) is 114 Å². The summed E-state index contributed by atoms with van der Waals surface area (Å²) in [6, 6.07) is -3.18. The van der Waals surface area contributed by atoms with Gasteiger partial charge in [-0.3, -0.25) is 91.1 Å². The van der Waals surface area contributed by atoms with Crippen molar-refractivity contribution < 1.29 is 111 Å². The molecule has 4 saturated heterocycles. The number of amides is 16. The number of likely N-dealkylation sites (N-methyl/N-ethyl adjacent to an activating group) is 1. The van der Waals surface area contributed by atoms with Crippen LogP contribution in [0.1, 0.15) is 111 Å². The Labute approximate surface area is 756 Å². The fourth-order valence-corrected chi connectivity index (χ4v) is 18.0. The number of para-hydroxylation sites is 2. The van der Waals surface area contributed by atoms with Gasteiger partial charge in [-0.25, -0.2) is 0 Å². The maximum Gasteiger partial charge on any atom is 0.373 e. The zero-order valence-electron chi connectivity index (χ0n) is 73.1. The van der Waals surface area contributed by atoms with Crippen LogP contribution in [-0.4, -0.2) is 324 Å². The van der Waals surface area contributed by atoms with Crippen molar-refractivity contribution in [2.75, 3.05) is 93.9 Å². The summed E-state index contributed by atoms with van der Waals surface area (Å²) in [5, 5.41) is 51.0. The molecule has 45 heteroatoms. The summed E-state index contributed by atoms with van der Waals surface area (Å²) >= 11 is 2.71. The number of primary amides is 1. The first kappa shape index (κ1) is 104. The number of rotatable bonds is 19. The van der Waals surface area contributed by atoms with Crippen molar-refractivity contribution in [3.63, 3.8) is 0 Å². The summed E-state index contributed by atoms with van der Waals surface area (Å²) < 4.78 is 0. The Morgan fingerprint density at radius 3 is 1.64 bits per heavy atom. The molecule has 4 aliphatic rings. The summed E-state index contributed by atoms with van der Waals surface area (Å²) in [4.78, 5) is 300. The van der Waals surface area contributed by atoms with Crippen molar-refractivity contribution in [2.24, 2.45) is 35.1 Å². The minimum atomic E-state index is -1.95. The van der Waals surface area contributed by atoms with Crippen LogP contribution < -0.4 is 70.0 Å². The number of nitrogens with zero attached hydrogens (tertiary/aromatic N) is 4. The van der Waals surface area contributed by atoms with Crippen LogP contribution >= 0.6 is 35.3 Å². The van der Waals surface area contributed by atoms with Crippen molar-refractivity contribution >= 4 is 175 Å². The molecule has 4 fully saturated rings. The van der Waals surface area contributed by atoms with Gasteiger partial charge in [0.25, 0.3) is 0 Å².